The molecule has 3 heterocycles. The minimum Gasteiger partial charge on any atom is -0.338 e. The van der Waals surface area contributed by atoms with E-state index in [9.17, 15) is 26.4 Å². The highest BCUT2D eigenvalue weighted by Gasteiger charge is 2.34. The minimum atomic E-state index is -4.49. The lowest BCUT2D eigenvalue weighted by Crippen LogP contribution is -2.38. The third kappa shape index (κ3) is 3.82. The number of hydrogen-bond donors (Lipinski definition) is 0. The van der Waals surface area contributed by atoms with Gasteiger partial charge in [0.1, 0.15) is 0 Å². The second-order valence-corrected chi connectivity index (χ2v) is 8.66. The van der Waals surface area contributed by atoms with Crippen LogP contribution in [0.5, 0.6) is 0 Å². The molecule has 1 aliphatic heterocycles. The molecule has 0 N–H and O–H groups in total. The van der Waals surface area contributed by atoms with E-state index in [4.69, 9.17) is 0 Å². The maximum absolute atomic E-state index is 12.7. The zero-order valence-electron chi connectivity index (χ0n) is 14.6. The van der Waals surface area contributed by atoms with Crippen molar-refractivity contribution in [3.63, 3.8) is 0 Å². The van der Waals surface area contributed by atoms with Crippen LogP contribution in [0, 0.1) is 6.92 Å². The first kappa shape index (κ1) is 19.3. The van der Waals surface area contributed by atoms with E-state index < -0.39 is 33.5 Å². The summed E-state index contributed by atoms with van der Waals surface area (Å²) in [6, 6.07) is 1.65. The molecule has 2 aromatic heterocycles. The molecule has 1 amide bonds. The van der Waals surface area contributed by atoms with Gasteiger partial charge in [-0.2, -0.15) is 18.3 Å². The molecule has 146 valence electrons. The number of hydrogen-bond acceptors (Lipinski definition) is 5. The summed E-state index contributed by atoms with van der Waals surface area (Å²) in [5.74, 6) is -0.287. The Hall–Kier alpha value is -2.43. The molecule has 0 spiro atoms. The van der Waals surface area contributed by atoms with E-state index in [1.165, 1.54) is 28.9 Å². The Morgan fingerprint density at radius 2 is 2.00 bits per heavy atom. The normalized spacial score (nSPS) is 19.2. The lowest BCUT2D eigenvalue weighted by atomic mass is 10.2. The van der Waals surface area contributed by atoms with Gasteiger partial charge in [0.15, 0.2) is 15.7 Å². The van der Waals surface area contributed by atoms with Crippen molar-refractivity contribution < 1.29 is 26.4 Å². The molecular weight excluding hydrogens is 385 g/mol. The highest BCUT2D eigenvalue weighted by molar-refractivity contribution is 7.91. The highest BCUT2D eigenvalue weighted by Crippen LogP contribution is 2.29. The molecule has 0 aliphatic carbocycles. The topological polar surface area (TPSA) is 85.2 Å². The molecule has 1 aliphatic rings. The average Bonchev–Trinajstić information content (AvgIpc) is 3.15. The molecule has 0 bridgehead atoms. The zero-order valence-corrected chi connectivity index (χ0v) is 15.4. The molecule has 0 saturated carbocycles. The third-order valence-corrected chi connectivity index (χ3v) is 6.36. The van der Waals surface area contributed by atoms with Crippen molar-refractivity contribution in [2.75, 3.05) is 18.6 Å². The lowest BCUT2D eigenvalue weighted by molar-refractivity contribution is -0.137. The summed E-state index contributed by atoms with van der Waals surface area (Å²) in [7, 11) is -1.61. The van der Waals surface area contributed by atoms with Crippen molar-refractivity contribution in [2.24, 2.45) is 0 Å². The smallest absolute Gasteiger partial charge is 0.338 e. The second-order valence-electron chi connectivity index (χ2n) is 6.43. The molecular formula is C16H17F3N4O3S. The molecule has 0 radical (unpaired) electrons. The number of nitrogens with zero attached hydrogens (tertiary/aromatic N) is 4. The van der Waals surface area contributed by atoms with Crippen LogP contribution < -0.4 is 0 Å². The van der Waals surface area contributed by atoms with Gasteiger partial charge in [0.2, 0.25) is 0 Å². The van der Waals surface area contributed by atoms with E-state index in [1.807, 2.05) is 0 Å². The van der Waals surface area contributed by atoms with Crippen molar-refractivity contribution in [1.82, 2.24) is 19.7 Å². The Balaban J connectivity index is 1.84. The predicted molar refractivity (Wildman–Crippen MR) is 90.3 cm³/mol. The molecule has 1 fully saturated rings. The Bertz CT molecular complexity index is 968. The number of sulfone groups is 1. The number of carbonyl (C=O) groups is 1. The van der Waals surface area contributed by atoms with Gasteiger partial charge in [-0.3, -0.25) is 4.79 Å². The molecule has 0 aromatic carbocycles. The van der Waals surface area contributed by atoms with Crippen LogP contribution in [-0.4, -0.2) is 58.6 Å². The van der Waals surface area contributed by atoms with Gasteiger partial charge < -0.3 is 4.90 Å². The maximum Gasteiger partial charge on any atom is 0.417 e. The monoisotopic (exact) mass is 402 g/mol. The average molecular weight is 402 g/mol. The van der Waals surface area contributed by atoms with E-state index in [1.54, 1.807) is 6.92 Å². The first-order chi connectivity index (χ1) is 12.5. The van der Waals surface area contributed by atoms with E-state index >= 15 is 0 Å². The quantitative estimate of drug-likeness (QED) is 0.782. The van der Waals surface area contributed by atoms with E-state index in [2.05, 4.69) is 10.1 Å². The van der Waals surface area contributed by atoms with Gasteiger partial charge >= 0.3 is 6.18 Å². The molecule has 3 rings (SSSR count). The van der Waals surface area contributed by atoms with E-state index in [0.717, 1.165) is 6.07 Å². The first-order valence-corrected chi connectivity index (χ1v) is 9.87. The fourth-order valence-electron chi connectivity index (χ4n) is 2.97. The number of aromatic nitrogens is 3. The third-order valence-electron chi connectivity index (χ3n) is 4.61. The van der Waals surface area contributed by atoms with Crippen LogP contribution in [0.3, 0.4) is 0 Å². The lowest BCUT2D eigenvalue weighted by Gasteiger charge is -2.23. The van der Waals surface area contributed by atoms with Crippen LogP contribution in [0.2, 0.25) is 0 Å². The van der Waals surface area contributed by atoms with Gasteiger partial charge in [-0.05, 0) is 25.5 Å². The second kappa shape index (κ2) is 6.63. The number of halogens is 3. The SMILES string of the molecule is Cc1c(C(=O)N(C)C2CCS(=O)(=O)C2)cnn1-c1ccc(C(F)(F)F)cn1. The van der Waals surface area contributed by atoms with Crippen molar-refractivity contribution >= 4 is 15.7 Å². The van der Waals surface area contributed by atoms with Crippen LogP contribution in [0.1, 0.15) is 28.0 Å². The van der Waals surface area contributed by atoms with Crippen LogP contribution >= 0.6 is 0 Å². The highest BCUT2D eigenvalue weighted by atomic mass is 32.2. The van der Waals surface area contributed by atoms with Gasteiger partial charge in [-0.25, -0.2) is 18.1 Å². The zero-order chi connectivity index (χ0) is 20.0. The Morgan fingerprint density at radius 3 is 2.52 bits per heavy atom. The molecule has 11 heteroatoms. The van der Waals surface area contributed by atoms with E-state index in [-0.39, 0.29) is 22.9 Å². The fourth-order valence-corrected chi connectivity index (χ4v) is 4.74. The van der Waals surface area contributed by atoms with Crippen molar-refractivity contribution in [3.8, 4) is 5.82 Å². The fraction of sp³-hybridized carbons (Fsp3) is 0.438. The van der Waals surface area contributed by atoms with Crippen LogP contribution in [0.15, 0.2) is 24.5 Å². The number of amides is 1. The van der Waals surface area contributed by atoms with E-state index in [0.29, 0.717) is 18.3 Å². The Morgan fingerprint density at radius 1 is 1.30 bits per heavy atom. The first-order valence-electron chi connectivity index (χ1n) is 8.05. The molecule has 7 nitrogen and oxygen atoms in total. The van der Waals surface area contributed by atoms with Gasteiger partial charge in [-0.1, -0.05) is 0 Å². The summed E-state index contributed by atoms with van der Waals surface area (Å²) < 4.78 is 62.4. The molecule has 1 unspecified atom stereocenters. The molecule has 2 aromatic rings. The van der Waals surface area contributed by atoms with Crippen molar-refractivity contribution in [2.45, 2.75) is 25.6 Å². The summed E-state index contributed by atoms with van der Waals surface area (Å²) in [6.45, 7) is 1.60. The maximum atomic E-state index is 12.7. The number of rotatable bonds is 3. The number of carbonyl (C=O) groups excluding carboxylic acids is 1. The molecule has 1 saturated heterocycles. The summed E-state index contributed by atoms with van der Waals surface area (Å²) in [4.78, 5) is 17.8. The Kier molecular flexibility index (Phi) is 4.74. The largest absolute Gasteiger partial charge is 0.417 e. The molecule has 1 atom stereocenters. The number of alkyl halides is 3. The van der Waals surface area contributed by atoms with Crippen molar-refractivity contribution in [1.29, 1.82) is 0 Å². The van der Waals surface area contributed by atoms with Gasteiger partial charge in [0.05, 0.1) is 34.5 Å². The van der Waals surface area contributed by atoms with Crippen LogP contribution in [0.4, 0.5) is 13.2 Å². The standard InChI is InChI=1S/C16H17F3N4O3S/c1-10-13(15(24)22(2)12-5-6-27(25,26)9-12)8-21-23(10)14-4-3-11(7-20-14)16(17,18)19/h3-4,7-8,12H,5-6,9H2,1-2H3. The summed E-state index contributed by atoms with van der Waals surface area (Å²) >= 11 is 0. The van der Waals surface area contributed by atoms with Crippen LogP contribution in [-0.2, 0) is 16.0 Å². The van der Waals surface area contributed by atoms with Gasteiger partial charge in [0, 0.05) is 19.3 Å². The van der Waals surface area contributed by atoms with Gasteiger partial charge in [0.25, 0.3) is 5.91 Å². The summed E-state index contributed by atoms with van der Waals surface area (Å²) in [5.41, 5.74) is -0.238. The number of pyridine rings is 1. The summed E-state index contributed by atoms with van der Waals surface area (Å²) in [5, 5.41) is 4.04. The summed E-state index contributed by atoms with van der Waals surface area (Å²) in [6.07, 6.45) is -2.11. The molecule has 27 heavy (non-hydrogen) atoms. The minimum absolute atomic E-state index is 0.0446. The van der Waals surface area contributed by atoms with Gasteiger partial charge in [-0.15, -0.1) is 0 Å². The van der Waals surface area contributed by atoms with Crippen molar-refractivity contribution in [3.05, 3.63) is 41.3 Å². The Labute approximate surface area is 153 Å². The van der Waals surface area contributed by atoms with Crippen LogP contribution in [0.25, 0.3) is 5.82 Å². The predicted octanol–water partition coefficient (Wildman–Crippen LogP) is 1.85.